The van der Waals surface area contributed by atoms with Gasteiger partial charge in [0.15, 0.2) is 0 Å². The average molecular weight is 379 g/mol. The number of carbonyl (C=O) groups excluding carboxylic acids is 1. The monoisotopic (exact) mass is 379 g/mol. The molecule has 3 aromatic carbocycles. The number of rotatable bonds is 3. The number of amides is 1. The van der Waals surface area contributed by atoms with Crippen molar-refractivity contribution in [3.05, 3.63) is 101 Å². The minimum atomic E-state index is -0.192. The number of carbonyl (C=O) groups is 1. The van der Waals surface area contributed by atoms with Crippen molar-refractivity contribution < 1.29 is 4.79 Å². The van der Waals surface area contributed by atoms with Crippen LogP contribution in [0.4, 0.5) is 5.69 Å². The third-order valence-corrected chi connectivity index (χ3v) is 5.02. The van der Waals surface area contributed by atoms with E-state index in [1.165, 1.54) is 0 Å². The molecule has 2 heterocycles. The Balaban J connectivity index is 1.53. The van der Waals surface area contributed by atoms with E-state index in [4.69, 9.17) is 0 Å². The summed E-state index contributed by atoms with van der Waals surface area (Å²) in [6, 6.07) is 24.3. The SMILES string of the molecule is O=C(Nc1ccc2cc(-c3c[nH]c4ccccc34)c(=O)[nH]c2c1)c1ccccc1. The Morgan fingerprint density at radius 2 is 1.59 bits per heavy atom. The third kappa shape index (κ3) is 3.08. The standard InChI is InChI=1S/C24H17N3O2/c28-23(15-6-2-1-3-7-15)26-17-11-10-16-12-19(24(29)27-22(16)13-17)20-14-25-21-9-5-4-8-18(20)21/h1-14,25H,(H,26,28)(H,27,29). The molecule has 0 saturated carbocycles. The third-order valence-electron chi connectivity index (χ3n) is 5.02. The number of fused-ring (bicyclic) bond motifs is 2. The number of hydrogen-bond acceptors (Lipinski definition) is 2. The number of hydrogen-bond donors (Lipinski definition) is 3. The molecule has 3 N–H and O–H groups in total. The molecule has 1 amide bonds. The minimum absolute atomic E-state index is 0.172. The van der Waals surface area contributed by atoms with Crippen molar-refractivity contribution in [2.75, 3.05) is 5.32 Å². The fourth-order valence-electron chi connectivity index (χ4n) is 3.57. The van der Waals surface area contributed by atoms with Crippen LogP contribution in [0.3, 0.4) is 0 Å². The van der Waals surface area contributed by atoms with Gasteiger partial charge < -0.3 is 15.3 Å². The predicted octanol–water partition coefficient (Wildman–Crippen LogP) is 4.93. The van der Waals surface area contributed by atoms with Crippen LogP contribution >= 0.6 is 0 Å². The molecule has 5 rings (SSSR count). The van der Waals surface area contributed by atoms with Crippen LogP contribution in [-0.2, 0) is 0 Å². The number of nitrogens with one attached hydrogen (secondary N) is 3. The molecule has 5 heteroatoms. The van der Waals surface area contributed by atoms with E-state index < -0.39 is 0 Å². The van der Waals surface area contributed by atoms with Crippen molar-refractivity contribution in [1.82, 2.24) is 9.97 Å². The fraction of sp³-hybridized carbons (Fsp3) is 0. The molecule has 0 aliphatic rings. The lowest BCUT2D eigenvalue weighted by atomic mass is 10.0. The molecule has 0 aliphatic heterocycles. The Bertz CT molecular complexity index is 1410. The van der Waals surface area contributed by atoms with Crippen LogP contribution in [0.25, 0.3) is 32.9 Å². The second kappa shape index (κ2) is 6.80. The number of anilines is 1. The first-order valence-electron chi connectivity index (χ1n) is 9.29. The highest BCUT2D eigenvalue weighted by Crippen LogP contribution is 2.28. The highest BCUT2D eigenvalue weighted by molar-refractivity contribution is 6.05. The van der Waals surface area contributed by atoms with Gasteiger partial charge >= 0.3 is 0 Å². The molecule has 140 valence electrons. The molecule has 0 unspecified atom stereocenters. The van der Waals surface area contributed by atoms with Gasteiger partial charge in [0.05, 0.1) is 5.52 Å². The summed E-state index contributed by atoms with van der Waals surface area (Å²) in [5.74, 6) is -0.192. The van der Waals surface area contributed by atoms with Crippen LogP contribution in [0.5, 0.6) is 0 Å². The maximum absolute atomic E-state index is 12.8. The maximum atomic E-state index is 12.8. The first-order valence-corrected chi connectivity index (χ1v) is 9.29. The summed E-state index contributed by atoms with van der Waals surface area (Å²) in [4.78, 5) is 31.3. The molecule has 2 aromatic heterocycles. The molecule has 0 atom stereocenters. The van der Waals surface area contributed by atoms with Gasteiger partial charge in [0.25, 0.3) is 11.5 Å². The Kier molecular flexibility index (Phi) is 3.99. The summed E-state index contributed by atoms with van der Waals surface area (Å²) in [6.45, 7) is 0. The molecule has 0 radical (unpaired) electrons. The van der Waals surface area contributed by atoms with Crippen molar-refractivity contribution in [2.45, 2.75) is 0 Å². The van der Waals surface area contributed by atoms with E-state index in [9.17, 15) is 9.59 Å². The molecule has 0 bridgehead atoms. The van der Waals surface area contributed by atoms with Gasteiger partial charge in [-0.3, -0.25) is 9.59 Å². The van der Waals surface area contributed by atoms with Gasteiger partial charge in [0.2, 0.25) is 0 Å². The molecule has 29 heavy (non-hydrogen) atoms. The topological polar surface area (TPSA) is 77.8 Å². The van der Waals surface area contributed by atoms with Gasteiger partial charge in [0.1, 0.15) is 0 Å². The quantitative estimate of drug-likeness (QED) is 0.416. The van der Waals surface area contributed by atoms with E-state index in [-0.39, 0.29) is 11.5 Å². The summed E-state index contributed by atoms with van der Waals surface area (Å²) >= 11 is 0. The zero-order valence-electron chi connectivity index (χ0n) is 15.4. The lowest BCUT2D eigenvalue weighted by Gasteiger charge is -2.08. The summed E-state index contributed by atoms with van der Waals surface area (Å²) in [7, 11) is 0. The van der Waals surface area contributed by atoms with Crippen molar-refractivity contribution in [2.24, 2.45) is 0 Å². The maximum Gasteiger partial charge on any atom is 0.256 e. The second-order valence-corrected chi connectivity index (χ2v) is 6.88. The summed E-state index contributed by atoms with van der Waals surface area (Å²) < 4.78 is 0. The van der Waals surface area contributed by atoms with Crippen molar-refractivity contribution in [1.29, 1.82) is 0 Å². The molecule has 0 saturated heterocycles. The zero-order valence-corrected chi connectivity index (χ0v) is 15.4. The molecule has 5 aromatic rings. The average Bonchev–Trinajstić information content (AvgIpc) is 3.18. The highest BCUT2D eigenvalue weighted by Gasteiger charge is 2.12. The normalized spacial score (nSPS) is 11.0. The van der Waals surface area contributed by atoms with Gasteiger partial charge in [-0.05, 0) is 41.8 Å². The van der Waals surface area contributed by atoms with Gasteiger partial charge in [-0.15, -0.1) is 0 Å². The van der Waals surface area contributed by atoms with Gasteiger partial charge in [-0.1, -0.05) is 42.5 Å². The lowest BCUT2D eigenvalue weighted by molar-refractivity contribution is 0.102. The Hall–Kier alpha value is -4.12. The van der Waals surface area contributed by atoms with E-state index in [2.05, 4.69) is 15.3 Å². The van der Waals surface area contributed by atoms with Crippen molar-refractivity contribution >= 4 is 33.4 Å². The van der Waals surface area contributed by atoms with Crippen LogP contribution in [0.1, 0.15) is 10.4 Å². The Morgan fingerprint density at radius 1 is 0.793 bits per heavy atom. The van der Waals surface area contributed by atoms with Crippen LogP contribution in [0, 0.1) is 0 Å². The first kappa shape index (κ1) is 17.0. The predicted molar refractivity (Wildman–Crippen MR) is 116 cm³/mol. The van der Waals surface area contributed by atoms with Crippen LogP contribution < -0.4 is 10.9 Å². The molecule has 0 aliphatic carbocycles. The number of H-pyrrole nitrogens is 2. The van der Waals surface area contributed by atoms with Gasteiger partial charge in [0, 0.05) is 39.5 Å². The number of aromatic amines is 2. The Morgan fingerprint density at radius 3 is 2.45 bits per heavy atom. The zero-order chi connectivity index (χ0) is 19.8. The van der Waals surface area contributed by atoms with Crippen LogP contribution in [-0.4, -0.2) is 15.9 Å². The molecule has 0 fully saturated rings. The van der Waals surface area contributed by atoms with Gasteiger partial charge in [-0.25, -0.2) is 0 Å². The van der Waals surface area contributed by atoms with E-state index in [1.54, 1.807) is 18.2 Å². The number of aromatic nitrogens is 2. The lowest BCUT2D eigenvalue weighted by Crippen LogP contribution is -2.12. The molecular formula is C24H17N3O2. The van der Waals surface area contributed by atoms with Crippen molar-refractivity contribution in [3.63, 3.8) is 0 Å². The first-order chi connectivity index (χ1) is 14.2. The van der Waals surface area contributed by atoms with Crippen LogP contribution in [0.2, 0.25) is 0 Å². The molecule has 0 spiro atoms. The smallest absolute Gasteiger partial charge is 0.256 e. The van der Waals surface area contributed by atoms with E-state index >= 15 is 0 Å². The summed E-state index contributed by atoms with van der Waals surface area (Å²) in [5, 5.41) is 4.77. The minimum Gasteiger partial charge on any atom is -0.361 e. The van der Waals surface area contributed by atoms with Crippen molar-refractivity contribution in [3.8, 4) is 11.1 Å². The second-order valence-electron chi connectivity index (χ2n) is 6.88. The summed E-state index contributed by atoms with van der Waals surface area (Å²) in [6.07, 6.45) is 1.86. The molecular weight excluding hydrogens is 362 g/mol. The van der Waals surface area contributed by atoms with E-state index in [1.807, 2.05) is 66.9 Å². The van der Waals surface area contributed by atoms with E-state index in [0.717, 1.165) is 21.9 Å². The number of pyridine rings is 1. The Labute approximate surface area is 166 Å². The van der Waals surface area contributed by atoms with Crippen LogP contribution in [0.15, 0.2) is 89.9 Å². The largest absolute Gasteiger partial charge is 0.361 e. The fourth-order valence-corrected chi connectivity index (χ4v) is 3.57. The summed E-state index contributed by atoms with van der Waals surface area (Å²) in [5.41, 5.74) is 4.16. The van der Waals surface area contributed by atoms with Gasteiger partial charge in [-0.2, -0.15) is 0 Å². The highest BCUT2D eigenvalue weighted by atomic mass is 16.1. The molecule has 5 nitrogen and oxygen atoms in total. The number of benzene rings is 3. The van der Waals surface area contributed by atoms with E-state index in [0.29, 0.717) is 22.3 Å². The number of para-hydroxylation sites is 1.